The van der Waals surface area contributed by atoms with E-state index < -0.39 is 0 Å². The summed E-state index contributed by atoms with van der Waals surface area (Å²) in [7, 11) is 1.61. The minimum Gasteiger partial charge on any atom is -0.497 e. The molecule has 0 saturated carbocycles. The van der Waals surface area contributed by atoms with Crippen molar-refractivity contribution in [2.75, 3.05) is 26.7 Å². The van der Waals surface area contributed by atoms with E-state index in [1.165, 1.54) is 17.7 Å². The molecule has 2 heterocycles. The predicted molar refractivity (Wildman–Crippen MR) is 102 cm³/mol. The number of likely N-dealkylation sites (tertiary alicyclic amines) is 1. The highest BCUT2D eigenvalue weighted by atomic mass is 32.1. The van der Waals surface area contributed by atoms with Crippen LogP contribution in [0.5, 0.6) is 5.75 Å². The predicted octanol–water partition coefficient (Wildman–Crippen LogP) is 3.96. The van der Waals surface area contributed by atoms with Crippen LogP contribution in [0.3, 0.4) is 0 Å². The van der Waals surface area contributed by atoms with Gasteiger partial charge in [0.25, 0.3) is 5.91 Å². The molecule has 4 nitrogen and oxygen atoms in total. The van der Waals surface area contributed by atoms with Gasteiger partial charge in [0.1, 0.15) is 5.75 Å². The average Bonchev–Trinajstić information content (AvgIpc) is 3.17. The molecule has 1 N–H and O–H groups in total. The van der Waals surface area contributed by atoms with E-state index in [1.54, 1.807) is 24.5 Å². The smallest absolute Gasteiger partial charge is 0.251 e. The molecular weight excluding hydrogens is 332 g/mol. The van der Waals surface area contributed by atoms with E-state index in [2.05, 4.69) is 34.7 Å². The van der Waals surface area contributed by atoms with Crippen molar-refractivity contribution >= 4 is 17.2 Å². The van der Waals surface area contributed by atoms with Gasteiger partial charge in [-0.2, -0.15) is 0 Å². The summed E-state index contributed by atoms with van der Waals surface area (Å²) < 4.78 is 5.21. The third-order valence-electron chi connectivity index (χ3n) is 4.92. The van der Waals surface area contributed by atoms with Crippen molar-refractivity contribution in [1.82, 2.24) is 10.2 Å². The van der Waals surface area contributed by atoms with E-state index in [0.29, 0.717) is 17.9 Å². The number of ether oxygens (including phenoxy) is 1. The first-order chi connectivity index (χ1) is 12.2. The normalized spacial score (nSPS) is 17.2. The summed E-state index contributed by atoms with van der Waals surface area (Å²) in [6.45, 7) is 5.14. The molecule has 2 aromatic rings. The number of thiophene rings is 1. The van der Waals surface area contributed by atoms with Crippen molar-refractivity contribution in [1.29, 1.82) is 0 Å². The molecule has 5 heteroatoms. The first-order valence-corrected chi connectivity index (χ1v) is 9.75. The molecule has 1 aromatic carbocycles. The van der Waals surface area contributed by atoms with E-state index in [1.807, 2.05) is 18.2 Å². The molecule has 0 aliphatic carbocycles. The summed E-state index contributed by atoms with van der Waals surface area (Å²) >= 11 is 1.77. The SMILES string of the molecule is COc1cccc(C(=O)NCC(c2cccs2)N2CCC(C)CC2)c1. The maximum atomic E-state index is 12.5. The molecule has 1 atom stereocenters. The van der Waals surface area contributed by atoms with Crippen molar-refractivity contribution in [3.63, 3.8) is 0 Å². The molecule has 0 spiro atoms. The zero-order valence-electron chi connectivity index (χ0n) is 14.9. The molecule has 3 rings (SSSR count). The molecule has 1 unspecified atom stereocenters. The number of nitrogens with zero attached hydrogens (tertiary/aromatic N) is 1. The van der Waals surface area contributed by atoms with Crippen molar-refractivity contribution < 1.29 is 9.53 Å². The van der Waals surface area contributed by atoms with Gasteiger partial charge in [0.05, 0.1) is 13.2 Å². The van der Waals surface area contributed by atoms with Crippen LogP contribution in [0.15, 0.2) is 41.8 Å². The summed E-state index contributed by atoms with van der Waals surface area (Å²) in [5.74, 6) is 1.45. The van der Waals surface area contributed by atoms with Gasteiger partial charge < -0.3 is 10.1 Å². The highest BCUT2D eigenvalue weighted by Gasteiger charge is 2.25. The number of hydrogen-bond acceptors (Lipinski definition) is 4. The number of piperidine rings is 1. The first-order valence-electron chi connectivity index (χ1n) is 8.87. The van der Waals surface area contributed by atoms with Gasteiger partial charge >= 0.3 is 0 Å². The second kappa shape index (κ2) is 8.50. The monoisotopic (exact) mass is 358 g/mol. The molecule has 0 bridgehead atoms. The van der Waals surface area contributed by atoms with E-state index >= 15 is 0 Å². The molecule has 1 aromatic heterocycles. The standard InChI is InChI=1S/C20H26N2O2S/c1-15-8-10-22(11-9-15)18(19-7-4-12-25-19)14-21-20(23)16-5-3-6-17(13-16)24-2/h3-7,12-13,15,18H,8-11,14H2,1-2H3,(H,21,23). The molecule has 1 fully saturated rings. The molecular formula is C20H26N2O2S. The van der Waals surface area contributed by atoms with Gasteiger partial charge in [-0.1, -0.05) is 19.1 Å². The lowest BCUT2D eigenvalue weighted by atomic mass is 9.97. The Balaban J connectivity index is 1.67. The lowest BCUT2D eigenvalue weighted by molar-refractivity contribution is 0.0914. The van der Waals surface area contributed by atoms with Crippen LogP contribution >= 0.6 is 11.3 Å². The Morgan fingerprint density at radius 3 is 2.80 bits per heavy atom. The van der Waals surface area contributed by atoms with Crippen LogP contribution in [-0.4, -0.2) is 37.6 Å². The Labute approximate surface area is 153 Å². The first kappa shape index (κ1) is 18.0. The quantitative estimate of drug-likeness (QED) is 0.850. The second-order valence-electron chi connectivity index (χ2n) is 6.69. The van der Waals surface area contributed by atoms with Crippen LogP contribution in [0.4, 0.5) is 0 Å². The summed E-state index contributed by atoms with van der Waals surface area (Å²) in [6, 6.07) is 11.8. The fourth-order valence-electron chi connectivity index (χ4n) is 3.29. The van der Waals surface area contributed by atoms with E-state index in [-0.39, 0.29) is 11.9 Å². The second-order valence-corrected chi connectivity index (χ2v) is 7.67. The lowest BCUT2D eigenvalue weighted by Crippen LogP contribution is -2.41. The maximum Gasteiger partial charge on any atom is 0.251 e. The zero-order valence-corrected chi connectivity index (χ0v) is 15.7. The summed E-state index contributed by atoms with van der Waals surface area (Å²) in [4.78, 5) is 16.4. The Kier molecular flexibility index (Phi) is 6.10. The lowest BCUT2D eigenvalue weighted by Gasteiger charge is -2.36. The number of amides is 1. The number of benzene rings is 1. The molecule has 1 saturated heterocycles. The number of methoxy groups -OCH3 is 1. The Morgan fingerprint density at radius 1 is 1.32 bits per heavy atom. The van der Waals surface area contributed by atoms with Crippen molar-refractivity contribution in [2.45, 2.75) is 25.8 Å². The van der Waals surface area contributed by atoms with Gasteiger partial charge in [0.2, 0.25) is 0 Å². The van der Waals surface area contributed by atoms with Crippen LogP contribution in [0.1, 0.15) is 41.0 Å². The van der Waals surface area contributed by atoms with Gasteiger partial charge in [0, 0.05) is 17.0 Å². The van der Waals surface area contributed by atoms with Gasteiger partial charge in [-0.3, -0.25) is 9.69 Å². The van der Waals surface area contributed by atoms with Crippen molar-refractivity contribution in [2.24, 2.45) is 5.92 Å². The Morgan fingerprint density at radius 2 is 2.12 bits per heavy atom. The fraction of sp³-hybridized carbons (Fsp3) is 0.450. The third kappa shape index (κ3) is 4.61. The maximum absolute atomic E-state index is 12.5. The molecule has 1 aliphatic heterocycles. The topological polar surface area (TPSA) is 41.6 Å². The summed E-state index contributed by atoms with van der Waals surface area (Å²) in [6.07, 6.45) is 2.46. The Hall–Kier alpha value is -1.85. The number of rotatable bonds is 6. The van der Waals surface area contributed by atoms with Crippen molar-refractivity contribution in [3.8, 4) is 5.75 Å². The highest BCUT2D eigenvalue weighted by molar-refractivity contribution is 7.10. The van der Waals surface area contributed by atoms with E-state index in [0.717, 1.165) is 19.0 Å². The van der Waals surface area contributed by atoms with E-state index in [4.69, 9.17) is 4.74 Å². The van der Waals surface area contributed by atoms with Crippen LogP contribution < -0.4 is 10.1 Å². The van der Waals surface area contributed by atoms with Gasteiger partial charge in [-0.15, -0.1) is 11.3 Å². The molecule has 1 aliphatic rings. The number of carbonyl (C=O) groups is 1. The minimum absolute atomic E-state index is 0.0502. The van der Waals surface area contributed by atoms with E-state index in [9.17, 15) is 4.79 Å². The number of nitrogens with one attached hydrogen (secondary N) is 1. The summed E-state index contributed by atoms with van der Waals surface area (Å²) in [5.41, 5.74) is 0.636. The average molecular weight is 359 g/mol. The largest absolute Gasteiger partial charge is 0.497 e. The number of hydrogen-bond donors (Lipinski definition) is 1. The van der Waals surface area contributed by atoms with Crippen LogP contribution in [0.2, 0.25) is 0 Å². The van der Waals surface area contributed by atoms with Gasteiger partial charge in [-0.25, -0.2) is 0 Å². The van der Waals surface area contributed by atoms with Gasteiger partial charge in [0.15, 0.2) is 0 Å². The zero-order chi connectivity index (χ0) is 17.6. The van der Waals surface area contributed by atoms with Crippen molar-refractivity contribution in [3.05, 3.63) is 52.2 Å². The molecule has 134 valence electrons. The molecule has 25 heavy (non-hydrogen) atoms. The van der Waals surface area contributed by atoms with Crippen LogP contribution in [0.25, 0.3) is 0 Å². The molecule has 1 amide bonds. The Bertz CT molecular complexity index is 679. The summed E-state index contributed by atoms with van der Waals surface area (Å²) in [5, 5.41) is 5.23. The molecule has 0 radical (unpaired) electrons. The minimum atomic E-state index is -0.0502. The highest BCUT2D eigenvalue weighted by Crippen LogP contribution is 2.29. The van der Waals surface area contributed by atoms with Crippen LogP contribution in [-0.2, 0) is 0 Å². The third-order valence-corrected chi connectivity index (χ3v) is 5.89. The fourth-order valence-corrected chi connectivity index (χ4v) is 4.15. The number of carbonyl (C=O) groups excluding carboxylic acids is 1. The van der Waals surface area contributed by atoms with Gasteiger partial charge in [-0.05, 0) is 61.5 Å². The van der Waals surface area contributed by atoms with Crippen LogP contribution in [0, 0.1) is 5.92 Å².